The molecule has 27 heavy (non-hydrogen) atoms. The molecule has 2 heterocycles. The normalized spacial score (nSPS) is 24.1. The van der Waals surface area contributed by atoms with Crippen LogP contribution in [-0.2, 0) is 4.74 Å². The largest absolute Gasteiger partial charge is 0.373 e. The standard InChI is InChI=1S/C21H34N4O.HI/c1-22-21(23-12-15-25-13-6-3-7-14-25)24-17-19-11-8-16-26-20(19)18-9-4-2-5-10-18;/h2,4-5,9-10,19-20H,3,6-8,11-17H2,1H3,(H2,22,23,24);1H. The second-order valence-corrected chi connectivity index (χ2v) is 7.39. The maximum atomic E-state index is 6.10. The molecule has 0 aliphatic carbocycles. The molecule has 1 aromatic rings. The minimum absolute atomic E-state index is 0. The number of nitrogens with zero attached hydrogens (tertiary/aromatic N) is 2. The van der Waals surface area contributed by atoms with Gasteiger partial charge in [-0.1, -0.05) is 36.8 Å². The van der Waals surface area contributed by atoms with Crippen LogP contribution >= 0.6 is 24.0 Å². The predicted molar refractivity (Wildman–Crippen MR) is 123 cm³/mol. The summed E-state index contributed by atoms with van der Waals surface area (Å²) in [5.41, 5.74) is 1.28. The summed E-state index contributed by atoms with van der Waals surface area (Å²) in [6.45, 7) is 6.28. The summed E-state index contributed by atoms with van der Waals surface area (Å²) in [4.78, 5) is 6.93. The molecular formula is C21H35IN4O. The molecule has 1 aromatic carbocycles. The van der Waals surface area contributed by atoms with Crippen LogP contribution in [0.3, 0.4) is 0 Å². The molecule has 2 N–H and O–H groups in total. The van der Waals surface area contributed by atoms with Crippen molar-refractivity contribution in [2.75, 3.05) is 46.4 Å². The third-order valence-electron chi connectivity index (χ3n) is 5.50. The predicted octanol–water partition coefficient (Wildman–Crippen LogP) is 3.42. The summed E-state index contributed by atoms with van der Waals surface area (Å²) in [5.74, 6) is 1.38. The van der Waals surface area contributed by atoms with E-state index in [2.05, 4.69) is 50.9 Å². The van der Waals surface area contributed by atoms with Crippen LogP contribution in [-0.4, -0.2) is 57.2 Å². The monoisotopic (exact) mass is 486 g/mol. The molecular weight excluding hydrogens is 451 g/mol. The van der Waals surface area contributed by atoms with Crippen LogP contribution in [0.2, 0.25) is 0 Å². The Bertz CT molecular complexity index is 548. The number of hydrogen-bond acceptors (Lipinski definition) is 3. The Hall–Kier alpha value is -0.860. The number of guanidine groups is 1. The molecule has 0 saturated carbocycles. The smallest absolute Gasteiger partial charge is 0.191 e. The molecule has 0 bridgehead atoms. The molecule has 0 spiro atoms. The molecule has 2 atom stereocenters. The Kier molecular flexibility index (Phi) is 10.4. The van der Waals surface area contributed by atoms with Crippen molar-refractivity contribution in [1.82, 2.24) is 15.5 Å². The van der Waals surface area contributed by atoms with Crippen molar-refractivity contribution in [2.24, 2.45) is 10.9 Å². The molecule has 2 saturated heterocycles. The average molecular weight is 486 g/mol. The highest BCUT2D eigenvalue weighted by Crippen LogP contribution is 2.32. The molecule has 2 aliphatic rings. The van der Waals surface area contributed by atoms with Gasteiger partial charge in [-0.05, 0) is 44.3 Å². The fraction of sp³-hybridized carbons (Fsp3) is 0.667. The fourth-order valence-corrected chi connectivity index (χ4v) is 4.03. The van der Waals surface area contributed by atoms with Crippen molar-refractivity contribution < 1.29 is 4.74 Å². The van der Waals surface area contributed by atoms with Gasteiger partial charge in [-0.25, -0.2) is 0 Å². The van der Waals surface area contributed by atoms with E-state index in [-0.39, 0.29) is 30.1 Å². The van der Waals surface area contributed by atoms with Crippen molar-refractivity contribution in [3.8, 4) is 0 Å². The summed E-state index contributed by atoms with van der Waals surface area (Å²) in [5, 5.41) is 6.98. The molecule has 0 amide bonds. The van der Waals surface area contributed by atoms with Gasteiger partial charge in [-0.15, -0.1) is 24.0 Å². The lowest BCUT2D eigenvalue weighted by molar-refractivity contribution is -0.0265. The number of rotatable bonds is 6. The van der Waals surface area contributed by atoms with Crippen LogP contribution < -0.4 is 10.6 Å². The van der Waals surface area contributed by atoms with Crippen LogP contribution in [0.4, 0.5) is 0 Å². The molecule has 0 radical (unpaired) electrons. The Morgan fingerprint density at radius 1 is 1.11 bits per heavy atom. The van der Waals surface area contributed by atoms with Crippen molar-refractivity contribution >= 4 is 29.9 Å². The highest BCUT2D eigenvalue weighted by atomic mass is 127. The number of ether oxygens (including phenoxy) is 1. The van der Waals surface area contributed by atoms with Crippen LogP contribution in [0.15, 0.2) is 35.3 Å². The summed E-state index contributed by atoms with van der Waals surface area (Å²) >= 11 is 0. The SMILES string of the molecule is CN=C(NCCN1CCCCC1)NCC1CCCOC1c1ccccc1.I. The maximum Gasteiger partial charge on any atom is 0.191 e. The third kappa shape index (κ3) is 7.23. The lowest BCUT2D eigenvalue weighted by atomic mass is 9.89. The number of halogens is 1. The van der Waals surface area contributed by atoms with E-state index in [1.165, 1.54) is 44.3 Å². The highest BCUT2D eigenvalue weighted by molar-refractivity contribution is 14.0. The van der Waals surface area contributed by atoms with E-state index in [9.17, 15) is 0 Å². The van der Waals surface area contributed by atoms with Gasteiger partial charge in [0.1, 0.15) is 0 Å². The zero-order valence-electron chi connectivity index (χ0n) is 16.5. The Morgan fingerprint density at radius 3 is 2.63 bits per heavy atom. The van der Waals surface area contributed by atoms with Gasteiger partial charge in [0.2, 0.25) is 0 Å². The summed E-state index contributed by atoms with van der Waals surface area (Å²) < 4.78 is 6.10. The van der Waals surface area contributed by atoms with E-state index < -0.39 is 0 Å². The number of piperidine rings is 1. The number of hydrogen-bond donors (Lipinski definition) is 2. The highest BCUT2D eigenvalue weighted by Gasteiger charge is 2.27. The molecule has 6 heteroatoms. The summed E-state index contributed by atoms with van der Waals surface area (Å²) in [6.07, 6.45) is 6.59. The first-order valence-electron chi connectivity index (χ1n) is 10.2. The number of nitrogens with one attached hydrogen (secondary N) is 2. The number of benzene rings is 1. The van der Waals surface area contributed by atoms with Gasteiger partial charge in [-0.2, -0.15) is 0 Å². The molecule has 5 nitrogen and oxygen atoms in total. The lowest BCUT2D eigenvalue weighted by Gasteiger charge is -2.32. The van der Waals surface area contributed by atoms with Crippen molar-refractivity contribution in [3.05, 3.63) is 35.9 Å². The molecule has 2 aliphatic heterocycles. The fourth-order valence-electron chi connectivity index (χ4n) is 4.03. The first-order chi connectivity index (χ1) is 12.9. The zero-order chi connectivity index (χ0) is 18.0. The van der Waals surface area contributed by atoms with Gasteiger partial charge < -0.3 is 20.3 Å². The minimum Gasteiger partial charge on any atom is -0.373 e. The Labute approximate surface area is 181 Å². The molecule has 2 fully saturated rings. The van der Waals surface area contributed by atoms with E-state index in [1.807, 2.05) is 7.05 Å². The zero-order valence-corrected chi connectivity index (χ0v) is 18.9. The summed E-state index contributed by atoms with van der Waals surface area (Å²) in [6, 6.07) is 10.6. The number of likely N-dealkylation sites (tertiary alicyclic amines) is 1. The molecule has 0 aromatic heterocycles. The van der Waals surface area contributed by atoms with Gasteiger partial charge >= 0.3 is 0 Å². The van der Waals surface area contributed by atoms with Crippen molar-refractivity contribution in [1.29, 1.82) is 0 Å². The maximum absolute atomic E-state index is 6.10. The average Bonchev–Trinajstić information content (AvgIpc) is 2.72. The lowest BCUT2D eigenvalue weighted by Crippen LogP contribution is -2.45. The van der Waals surface area contributed by atoms with E-state index in [0.717, 1.165) is 38.6 Å². The van der Waals surface area contributed by atoms with Crippen molar-refractivity contribution in [2.45, 2.75) is 38.2 Å². The third-order valence-corrected chi connectivity index (χ3v) is 5.50. The minimum atomic E-state index is 0. The van der Waals surface area contributed by atoms with E-state index in [1.54, 1.807) is 0 Å². The second-order valence-electron chi connectivity index (χ2n) is 7.39. The van der Waals surface area contributed by atoms with E-state index >= 15 is 0 Å². The van der Waals surface area contributed by atoms with Gasteiger partial charge in [-0.3, -0.25) is 4.99 Å². The van der Waals surface area contributed by atoms with Gasteiger partial charge in [0.25, 0.3) is 0 Å². The van der Waals surface area contributed by atoms with Crippen LogP contribution in [0.5, 0.6) is 0 Å². The molecule has 3 rings (SSSR count). The molecule has 2 unspecified atom stereocenters. The topological polar surface area (TPSA) is 48.9 Å². The molecule has 152 valence electrons. The first kappa shape index (κ1) is 22.4. The first-order valence-corrected chi connectivity index (χ1v) is 10.2. The van der Waals surface area contributed by atoms with Crippen LogP contribution in [0, 0.1) is 5.92 Å². The Morgan fingerprint density at radius 2 is 1.89 bits per heavy atom. The van der Waals surface area contributed by atoms with E-state index in [4.69, 9.17) is 4.74 Å². The van der Waals surface area contributed by atoms with Gasteiger partial charge in [0.15, 0.2) is 5.96 Å². The van der Waals surface area contributed by atoms with E-state index in [0.29, 0.717) is 5.92 Å². The van der Waals surface area contributed by atoms with Gasteiger partial charge in [0, 0.05) is 39.2 Å². The Balaban J connectivity index is 0.00000261. The quantitative estimate of drug-likeness (QED) is 0.368. The number of aliphatic imine (C=N–C) groups is 1. The second kappa shape index (κ2) is 12.6. The van der Waals surface area contributed by atoms with Crippen molar-refractivity contribution in [3.63, 3.8) is 0 Å². The van der Waals surface area contributed by atoms with Crippen LogP contribution in [0.25, 0.3) is 0 Å². The summed E-state index contributed by atoms with van der Waals surface area (Å²) in [7, 11) is 1.85. The van der Waals surface area contributed by atoms with Gasteiger partial charge in [0.05, 0.1) is 6.10 Å². The van der Waals surface area contributed by atoms with Crippen LogP contribution in [0.1, 0.15) is 43.8 Å².